The standard InChI is InChI=1S/C13H24ClNO2/c1-9(8-14)10(12(2,3)4)15-11(16)17-13(5,6)7/h10H,1,8H2,2-7H3,(H,15,16). The van der Waals surface area contributed by atoms with Crippen LogP contribution in [-0.4, -0.2) is 23.6 Å². The van der Waals surface area contributed by atoms with Crippen LogP contribution in [0.4, 0.5) is 4.79 Å². The lowest BCUT2D eigenvalue weighted by molar-refractivity contribution is 0.0480. The number of halogens is 1. The first-order valence-electron chi connectivity index (χ1n) is 5.70. The van der Waals surface area contributed by atoms with Gasteiger partial charge in [0.1, 0.15) is 5.60 Å². The van der Waals surface area contributed by atoms with E-state index >= 15 is 0 Å². The minimum atomic E-state index is -0.505. The molecule has 17 heavy (non-hydrogen) atoms. The first kappa shape index (κ1) is 16.3. The number of carbonyl (C=O) groups is 1. The molecular formula is C13H24ClNO2. The summed E-state index contributed by atoms with van der Waals surface area (Å²) >= 11 is 5.78. The Kier molecular flexibility index (Phi) is 5.53. The molecule has 0 spiro atoms. The Hall–Kier alpha value is -0.700. The van der Waals surface area contributed by atoms with Crippen molar-refractivity contribution < 1.29 is 9.53 Å². The van der Waals surface area contributed by atoms with Crippen LogP contribution < -0.4 is 5.32 Å². The van der Waals surface area contributed by atoms with Gasteiger partial charge in [0.05, 0.1) is 6.04 Å². The maximum absolute atomic E-state index is 11.7. The summed E-state index contributed by atoms with van der Waals surface area (Å²) in [4.78, 5) is 11.7. The van der Waals surface area contributed by atoms with Gasteiger partial charge in [0.15, 0.2) is 0 Å². The second kappa shape index (κ2) is 5.76. The smallest absolute Gasteiger partial charge is 0.408 e. The first-order chi connectivity index (χ1) is 7.47. The summed E-state index contributed by atoms with van der Waals surface area (Å²) in [5.41, 5.74) is 0.127. The molecule has 0 aromatic rings. The zero-order valence-electron chi connectivity index (χ0n) is 11.7. The first-order valence-corrected chi connectivity index (χ1v) is 6.24. The quantitative estimate of drug-likeness (QED) is 0.621. The van der Waals surface area contributed by atoms with Gasteiger partial charge in [0.25, 0.3) is 0 Å². The average Bonchev–Trinajstić information content (AvgIpc) is 2.08. The maximum atomic E-state index is 11.7. The molecule has 0 aliphatic carbocycles. The number of carbonyl (C=O) groups excluding carboxylic acids is 1. The van der Waals surface area contributed by atoms with Crippen LogP contribution in [0.15, 0.2) is 12.2 Å². The molecule has 0 fully saturated rings. The van der Waals surface area contributed by atoms with Crippen molar-refractivity contribution in [1.82, 2.24) is 5.32 Å². The van der Waals surface area contributed by atoms with Gasteiger partial charge in [-0.25, -0.2) is 4.79 Å². The van der Waals surface area contributed by atoms with Gasteiger partial charge in [-0.3, -0.25) is 0 Å². The van der Waals surface area contributed by atoms with Crippen LogP contribution in [0.1, 0.15) is 41.5 Å². The summed E-state index contributed by atoms with van der Waals surface area (Å²) < 4.78 is 5.22. The molecule has 1 atom stereocenters. The van der Waals surface area contributed by atoms with Crippen LogP contribution in [-0.2, 0) is 4.74 Å². The zero-order valence-corrected chi connectivity index (χ0v) is 12.4. The molecule has 0 bridgehead atoms. The van der Waals surface area contributed by atoms with E-state index in [9.17, 15) is 4.79 Å². The molecule has 0 radical (unpaired) electrons. The normalized spacial score (nSPS) is 14.1. The molecule has 0 saturated carbocycles. The topological polar surface area (TPSA) is 38.3 Å². The van der Waals surface area contributed by atoms with Gasteiger partial charge >= 0.3 is 6.09 Å². The van der Waals surface area contributed by atoms with Crippen molar-refractivity contribution in [3.05, 3.63) is 12.2 Å². The molecule has 3 nitrogen and oxygen atoms in total. The number of amides is 1. The van der Waals surface area contributed by atoms with Crippen molar-refractivity contribution in [3.8, 4) is 0 Å². The van der Waals surface area contributed by atoms with Crippen LogP contribution in [0, 0.1) is 5.41 Å². The van der Waals surface area contributed by atoms with Gasteiger partial charge in [-0.15, -0.1) is 11.6 Å². The van der Waals surface area contributed by atoms with Crippen LogP contribution in [0.5, 0.6) is 0 Å². The Morgan fingerprint density at radius 3 is 2.06 bits per heavy atom. The monoisotopic (exact) mass is 261 g/mol. The number of hydrogen-bond donors (Lipinski definition) is 1. The van der Waals surface area contributed by atoms with E-state index in [0.29, 0.717) is 5.88 Å². The Labute approximate surface area is 110 Å². The molecule has 0 aromatic carbocycles. The van der Waals surface area contributed by atoms with Crippen LogP contribution in [0.2, 0.25) is 0 Å². The lowest BCUT2D eigenvalue weighted by Gasteiger charge is -2.33. The third-order valence-corrected chi connectivity index (χ3v) is 2.45. The molecule has 1 unspecified atom stereocenters. The van der Waals surface area contributed by atoms with Crippen molar-refractivity contribution in [2.75, 3.05) is 5.88 Å². The van der Waals surface area contributed by atoms with Crippen molar-refractivity contribution in [2.45, 2.75) is 53.2 Å². The second-order valence-corrected chi connectivity index (χ2v) is 6.50. The molecule has 0 saturated heterocycles. The number of hydrogen-bond acceptors (Lipinski definition) is 2. The lowest BCUT2D eigenvalue weighted by Crippen LogP contribution is -2.47. The van der Waals surface area contributed by atoms with Crippen molar-refractivity contribution in [3.63, 3.8) is 0 Å². The summed E-state index contributed by atoms with van der Waals surface area (Å²) in [6, 6.07) is -0.199. The van der Waals surface area contributed by atoms with Crippen LogP contribution in [0.25, 0.3) is 0 Å². The minimum absolute atomic E-state index is 0.150. The van der Waals surface area contributed by atoms with Gasteiger partial charge in [0, 0.05) is 5.88 Å². The van der Waals surface area contributed by atoms with E-state index in [-0.39, 0.29) is 11.5 Å². The number of nitrogens with one attached hydrogen (secondary N) is 1. The number of rotatable bonds is 3. The van der Waals surface area contributed by atoms with Crippen molar-refractivity contribution >= 4 is 17.7 Å². The van der Waals surface area contributed by atoms with Crippen LogP contribution in [0.3, 0.4) is 0 Å². The summed E-state index contributed by atoms with van der Waals surface area (Å²) in [5.74, 6) is 0.317. The van der Waals surface area contributed by atoms with Crippen molar-refractivity contribution in [2.24, 2.45) is 5.41 Å². The highest BCUT2D eigenvalue weighted by Gasteiger charge is 2.29. The number of alkyl carbamates (subject to hydrolysis) is 1. The molecule has 0 aliphatic rings. The Balaban J connectivity index is 4.67. The van der Waals surface area contributed by atoms with Gasteiger partial charge in [-0.1, -0.05) is 27.4 Å². The summed E-state index contributed by atoms with van der Waals surface area (Å²) in [5, 5.41) is 2.82. The summed E-state index contributed by atoms with van der Waals surface area (Å²) in [7, 11) is 0. The third kappa shape index (κ3) is 6.57. The molecule has 4 heteroatoms. The molecular weight excluding hydrogens is 238 g/mol. The van der Waals surface area contributed by atoms with E-state index in [4.69, 9.17) is 16.3 Å². The van der Waals surface area contributed by atoms with Gasteiger partial charge < -0.3 is 10.1 Å². The molecule has 0 aromatic heterocycles. The third-order valence-electron chi connectivity index (χ3n) is 2.11. The maximum Gasteiger partial charge on any atom is 0.408 e. The van der Waals surface area contributed by atoms with E-state index in [1.54, 1.807) is 0 Å². The number of ether oxygens (including phenoxy) is 1. The van der Waals surface area contributed by atoms with E-state index in [1.165, 1.54) is 0 Å². The largest absolute Gasteiger partial charge is 0.444 e. The fourth-order valence-corrected chi connectivity index (χ4v) is 1.59. The van der Waals surface area contributed by atoms with E-state index in [2.05, 4.69) is 11.9 Å². The van der Waals surface area contributed by atoms with E-state index < -0.39 is 11.7 Å². The highest BCUT2D eigenvalue weighted by Crippen LogP contribution is 2.25. The molecule has 1 amide bonds. The van der Waals surface area contributed by atoms with Gasteiger partial charge in [-0.05, 0) is 31.8 Å². The predicted octanol–water partition coefficient (Wildman–Crippen LogP) is 3.72. The van der Waals surface area contributed by atoms with E-state index in [0.717, 1.165) is 5.57 Å². The second-order valence-electron chi connectivity index (χ2n) is 6.24. The average molecular weight is 262 g/mol. The van der Waals surface area contributed by atoms with Crippen molar-refractivity contribution in [1.29, 1.82) is 0 Å². The van der Waals surface area contributed by atoms with E-state index in [1.807, 2.05) is 41.5 Å². The Morgan fingerprint density at radius 1 is 1.29 bits per heavy atom. The van der Waals surface area contributed by atoms with Crippen LogP contribution >= 0.6 is 11.6 Å². The molecule has 0 heterocycles. The lowest BCUT2D eigenvalue weighted by atomic mass is 9.83. The Morgan fingerprint density at radius 2 is 1.76 bits per heavy atom. The SMILES string of the molecule is C=C(CCl)C(NC(=O)OC(C)(C)C)C(C)(C)C. The van der Waals surface area contributed by atoms with Gasteiger partial charge in [-0.2, -0.15) is 0 Å². The summed E-state index contributed by atoms with van der Waals surface area (Å²) in [6.07, 6.45) is -0.441. The van der Waals surface area contributed by atoms with Gasteiger partial charge in [0.2, 0.25) is 0 Å². The fourth-order valence-electron chi connectivity index (χ4n) is 1.43. The summed E-state index contributed by atoms with van der Waals surface area (Å²) in [6.45, 7) is 15.4. The fraction of sp³-hybridized carbons (Fsp3) is 0.769. The molecule has 100 valence electrons. The molecule has 0 rings (SSSR count). The predicted molar refractivity (Wildman–Crippen MR) is 72.5 cm³/mol. The zero-order chi connectivity index (χ0) is 13.9. The highest BCUT2D eigenvalue weighted by molar-refractivity contribution is 6.19. The Bertz CT molecular complexity index is 287. The number of alkyl halides is 1. The minimum Gasteiger partial charge on any atom is -0.444 e. The highest BCUT2D eigenvalue weighted by atomic mass is 35.5. The molecule has 0 aliphatic heterocycles. The molecule has 1 N–H and O–H groups in total.